The maximum Gasteiger partial charge on any atom is 0.307 e. The zero-order valence-electron chi connectivity index (χ0n) is 11.4. The second kappa shape index (κ2) is 6.75. The predicted molar refractivity (Wildman–Crippen MR) is 70.5 cm³/mol. The lowest BCUT2D eigenvalue weighted by Gasteiger charge is -2.16. The average Bonchev–Trinajstić information content (AvgIpc) is 2.54. The predicted octanol–water partition coefficient (Wildman–Crippen LogP) is 1.77. The van der Waals surface area contributed by atoms with E-state index in [4.69, 9.17) is 16.3 Å². The Morgan fingerprint density at radius 1 is 1.56 bits per heavy atom. The van der Waals surface area contributed by atoms with Gasteiger partial charge in [-0.15, -0.1) is 0 Å². The van der Waals surface area contributed by atoms with Gasteiger partial charge >= 0.3 is 5.97 Å². The summed E-state index contributed by atoms with van der Waals surface area (Å²) in [7, 11) is 3.81. The number of carbonyl (C=O) groups excluding carboxylic acids is 1. The monoisotopic (exact) mass is 273 g/mol. The van der Waals surface area contributed by atoms with Crippen LogP contribution in [0.4, 0.5) is 0 Å². The van der Waals surface area contributed by atoms with Gasteiger partial charge in [0.25, 0.3) is 0 Å². The summed E-state index contributed by atoms with van der Waals surface area (Å²) in [5.74, 6) is -0.170. The van der Waals surface area contributed by atoms with Crippen LogP contribution in [0.3, 0.4) is 0 Å². The second-order valence-corrected chi connectivity index (χ2v) is 4.64. The van der Waals surface area contributed by atoms with E-state index in [0.717, 1.165) is 11.4 Å². The van der Waals surface area contributed by atoms with Crippen LogP contribution in [0.5, 0.6) is 0 Å². The molecule has 102 valence electrons. The average molecular weight is 274 g/mol. The third-order valence-electron chi connectivity index (χ3n) is 2.68. The molecule has 1 aromatic heterocycles. The molecule has 0 aromatic carbocycles. The highest BCUT2D eigenvalue weighted by atomic mass is 35.5. The highest BCUT2D eigenvalue weighted by Crippen LogP contribution is 2.20. The Labute approximate surface area is 113 Å². The minimum atomic E-state index is -0.170. The number of hydrogen-bond acceptors (Lipinski definition) is 4. The van der Waals surface area contributed by atoms with Gasteiger partial charge in [-0.25, -0.2) is 0 Å². The lowest BCUT2D eigenvalue weighted by Crippen LogP contribution is -2.23. The fraction of sp³-hybridized carbons (Fsp3) is 0.667. The number of carbonyl (C=O) groups is 1. The molecule has 1 heterocycles. The van der Waals surface area contributed by atoms with E-state index in [0.29, 0.717) is 31.1 Å². The Hall–Kier alpha value is -1.07. The SMILES string of the molecule is CCOC(=O)CCN(C)Cc1c(Cl)c(C)nn1C. The molecular weight excluding hydrogens is 254 g/mol. The van der Waals surface area contributed by atoms with E-state index in [1.54, 1.807) is 11.6 Å². The summed E-state index contributed by atoms with van der Waals surface area (Å²) in [5.41, 5.74) is 1.79. The highest BCUT2D eigenvalue weighted by Gasteiger charge is 2.13. The van der Waals surface area contributed by atoms with Crippen LogP contribution in [0, 0.1) is 6.92 Å². The van der Waals surface area contributed by atoms with Crippen molar-refractivity contribution in [2.24, 2.45) is 7.05 Å². The quantitative estimate of drug-likeness (QED) is 0.741. The molecule has 0 aliphatic heterocycles. The van der Waals surface area contributed by atoms with Crippen molar-refractivity contribution in [1.82, 2.24) is 14.7 Å². The van der Waals surface area contributed by atoms with Crippen molar-refractivity contribution in [2.75, 3.05) is 20.2 Å². The largest absolute Gasteiger partial charge is 0.466 e. The lowest BCUT2D eigenvalue weighted by molar-refractivity contribution is -0.143. The van der Waals surface area contributed by atoms with Gasteiger partial charge < -0.3 is 4.74 Å². The van der Waals surface area contributed by atoms with Crippen LogP contribution in [0.25, 0.3) is 0 Å². The van der Waals surface area contributed by atoms with Gasteiger partial charge in [-0.2, -0.15) is 5.10 Å². The van der Waals surface area contributed by atoms with E-state index in [1.165, 1.54) is 0 Å². The van der Waals surface area contributed by atoms with Crippen molar-refractivity contribution < 1.29 is 9.53 Å². The van der Waals surface area contributed by atoms with Crippen LogP contribution >= 0.6 is 11.6 Å². The summed E-state index contributed by atoms with van der Waals surface area (Å²) < 4.78 is 6.66. The van der Waals surface area contributed by atoms with E-state index in [-0.39, 0.29) is 5.97 Å². The molecule has 0 amide bonds. The summed E-state index contributed by atoms with van der Waals surface area (Å²) in [4.78, 5) is 13.3. The molecule has 0 unspecified atom stereocenters. The number of nitrogens with zero attached hydrogens (tertiary/aromatic N) is 3. The number of hydrogen-bond donors (Lipinski definition) is 0. The summed E-state index contributed by atoms with van der Waals surface area (Å²) in [5, 5.41) is 4.95. The van der Waals surface area contributed by atoms with Gasteiger partial charge in [0.1, 0.15) is 0 Å². The van der Waals surface area contributed by atoms with Gasteiger partial charge in [-0.3, -0.25) is 14.4 Å². The Bertz CT molecular complexity index is 418. The molecule has 1 rings (SSSR count). The Kier molecular flexibility index (Phi) is 5.62. The van der Waals surface area contributed by atoms with E-state index in [2.05, 4.69) is 5.10 Å². The maximum absolute atomic E-state index is 11.2. The van der Waals surface area contributed by atoms with Crippen LogP contribution in [-0.4, -0.2) is 40.8 Å². The van der Waals surface area contributed by atoms with Crippen molar-refractivity contribution in [3.05, 3.63) is 16.4 Å². The van der Waals surface area contributed by atoms with E-state index in [1.807, 2.05) is 25.9 Å². The zero-order chi connectivity index (χ0) is 13.7. The van der Waals surface area contributed by atoms with Crippen LogP contribution < -0.4 is 0 Å². The van der Waals surface area contributed by atoms with Gasteiger partial charge in [0, 0.05) is 20.1 Å². The van der Waals surface area contributed by atoms with Crippen LogP contribution in [0.2, 0.25) is 5.02 Å². The molecular formula is C12H20ClN3O2. The molecule has 0 radical (unpaired) electrons. The molecule has 0 saturated carbocycles. The fourth-order valence-corrected chi connectivity index (χ4v) is 1.92. The number of rotatable bonds is 6. The third-order valence-corrected chi connectivity index (χ3v) is 3.18. The first-order chi connectivity index (χ1) is 8.45. The van der Waals surface area contributed by atoms with Gasteiger partial charge in [-0.05, 0) is 20.9 Å². The molecule has 0 atom stereocenters. The molecule has 18 heavy (non-hydrogen) atoms. The van der Waals surface area contributed by atoms with Crippen molar-refractivity contribution in [3.63, 3.8) is 0 Å². The molecule has 5 nitrogen and oxygen atoms in total. The fourth-order valence-electron chi connectivity index (χ4n) is 1.70. The van der Waals surface area contributed by atoms with Crippen molar-refractivity contribution >= 4 is 17.6 Å². The molecule has 0 spiro atoms. The van der Waals surface area contributed by atoms with E-state index in [9.17, 15) is 4.79 Å². The lowest BCUT2D eigenvalue weighted by atomic mass is 10.3. The smallest absolute Gasteiger partial charge is 0.307 e. The van der Waals surface area contributed by atoms with E-state index >= 15 is 0 Å². The Morgan fingerprint density at radius 2 is 2.22 bits per heavy atom. The molecule has 0 N–H and O–H groups in total. The molecule has 1 aromatic rings. The molecule has 0 saturated heterocycles. The van der Waals surface area contributed by atoms with Gasteiger partial charge in [-0.1, -0.05) is 11.6 Å². The molecule has 0 fully saturated rings. The Balaban J connectivity index is 2.49. The Morgan fingerprint density at radius 3 is 2.72 bits per heavy atom. The molecule has 0 aliphatic rings. The maximum atomic E-state index is 11.2. The van der Waals surface area contributed by atoms with Gasteiger partial charge in [0.15, 0.2) is 0 Å². The van der Waals surface area contributed by atoms with Crippen molar-refractivity contribution in [1.29, 1.82) is 0 Å². The minimum absolute atomic E-state index is 0.170. The normalized spacial score (nSPS) is 11.0. The second-order valence-electron chi connectivity index (χ2n) is 4.26. The summed E-state index contributed by atoms with van der Waals surface area (Å²) >= 11 is 6.17. The standard InChI is InChI=1S/C12H20ClN3O2/c1-5-18-11(17)6-7-15(3)8-10-12(13)9(2)14-16(10)4/h5-8H2,1-4H3. The number of aryl methyl sites for hydroxylation is 2. The van der Waals surface area contributed by atoms with Crippen molar-refractivity contribution in [3.8, 4) is 0 Å². The van der Waals surface area contributed by atoms with Crippen LogP contribution in [-0.2, 0) is 23.1 Å². The minimum Gasteiger partial charge on any atom is -0.466 e. The van der Waals surface area contributed by atoms with Gasteiger partial charge in [0.2, 0.25) is 0 Å². The van der Waals surface area contributed by atoms with Crippen LogP contribution in [0.15, 0.2) is 0 Å². The molecule has 0 aliphatic carbocycles. The number of esters is 1. The summed E-state index contributed by atoms with van der Waals surface area (Å²) in [6, 6.07) is 0. The summed E-state index contributed by atoms with van der Waals surface area (Å²) in [6.45, 7) is 5.41. The zero-order valence-corrected chi connectivity index (χ0v) is 12.1. The number of ether oxygens (including phenoxy) is 1. The highest BCUT2D eigenvalue weighted by molar-refractivity contribution is 6.31. The first-order valence-electron chi connectivity index (χ1n) is 5.97. The van der Waals surface area contributed by atoms with Crippen molar-refractivity contribution in [2.45, 2.75) is 26.8 Å². The molecule has 6 heteroatoms. The first-order valence-corrected chi connectivity index (χ1v) is 6.35. The van der Waals surface area contributed by atoms with E-state index < -0.39 is 0 Å². The molecule has 0 bridgehead atoms. The van der Waals surface area contributed by atoms with Gasteiger partial charge in [0.05, 0.1) is 29.4 Å². The number of aromatic nitrogens is 2. The topological polar surface area (TPSA) is 47.4 Å². The number of halogens is 1. The van der Waals surface area contributed by atoms with Crippen LogP contribution in [0.1, 0.15) is 24.7 Å². The summed E-state index contributed by atoms with van der Waals surface area (Å²) in [6.07, 6.45) is 0.388. The first kappa shape index (κ1) is 15.0. The third kappa shape index (κ3) is 3.99.